The number of anilines is 4. The SMILES string of the molecule is COc1cccc(Nc2nc(C)cc(Nc3cc(Cl)ccc3C)n2)c1. The Balaban J connectivity index is 1.86. The summed E-state index contributed by atoms with van der Waals surface area (Å²) in [4.78, 5) is 8.97. The van der Waals surface area contributed by atoms with E-state index in [0.717, 1.165) is 28.4 Å². The van der Waals surface area contributed by atoms with Gasteiger partial charge < -0.3 is 15.4 Å². The number of aromatic nitrogens is 2. The highest BCUT2D eigenvalue weighted by atomic mass is 35.5. The summed E-state index contributed by atoms with van der Waals surface area (Å²) >= 11 is 6.08. The minimum Gasteiger partial charge on any atom is -0.497 e. The number of nitrogens with one attached hydrogen (secondary N) is 2. The fraction of sp³-hybridized carbons (Fsp3) is 0.158. The molecule has 0 saturated carbocycles. The van der Waals surface area contributed by atoms with Crippen molar-refractivity contribution < 1.29 is 4.74 Å². The average molecular weight is 355 g/mol. The summed E-state index contributed by atoms with van der Waals surface area (Å²) in [6.07, 6.45) is 0. The molecule has 0 unspecified atom stereocenters. The molecular formula is C19H19ClN4O. The van der Waals surface area contributed by atoms with Crippen LogP contribution in [0.1, 0.15) is 11.3 Å². The number of methoxy groups -OCH3 is 1. The molecule has 0 aliphatic carbocycles. The predicted molar refractivity (Wildman–Crippen MR) is 103 cm³/mol. The first-order chi connectivity index (χ1) is 12.0. The molecule has 5 nitrogen and oxygen atoms in total. The summed E-state index contributed by atoms with van der Waals surface area (Å²) < 4.78 is 5.24. The summed E-state index contributed by atoms with van der Waals surface area (Å²) in [5, 5.41) is 7.18. The third-order valence-corrected chi connectivity index (χ3v) is 3.88. The molecular weight excluding hydrogens is 336 g/mol. The molecule has 0 radical (unpaired) electrons. The van der Waals surface area contributed by atoms with Crippen LogP contribution in [0.4, 0.5) is 23.1 Å². The Kier molecular flexibility index (Phi) is 5.05. The summed E-state index contributed by atoms with van der Waals surface area (Å²) in [6, 6.07) is 15.2. The molecule has 0 amide bonds. The lowest BCUT2D eigenvalue weighted by atomic mass is 10.2. The van der Waals surface area contributed by atoms with Gasteiger partial charge in [-0.3, -0.25) is 0 Å². The Labute approximate surface area is 152 Å². The first kappa shape index (κ1) is 17.0. The normalized spacial score (nSPS) is 10.4. The standard InChI is InChI=1S/C19H19ClN4O/c1-12-7-8-14(20)10-17(12)23-18-9-13(2)21-19(24-18)22-15-5-4-6-16(11-15)25-3/h4-11H,1-3H3,(H2,21,22,23,24). The van der Waals surface area contributed by atoms with Gasteiger partial charge in [-0.1, -0.05) is 23.7 Å². The number of nitrogens with zero attached hydrogens (tertiary/aromatic N) is 2. The van der Waals surface area contributed by atoms with E-state index >= 15 is 0 Å². The van der Waals surface area contributed by atoms with E-state index in [-0.39, 0.29) is 0 Å². The second-order valence-electron chi connectivity index (χ2n) is 5.66. The first-order valence-electron chi connectivity index (χ1n) is 7.83. The van der Waals surface area contributed by atoms with E-state index in [1.807, 2.05) is 62.4 Å². The molecule has 1 heterocycles. The van der Waals surface area contributed by atoms with Crippen molar-refractivity contribution in [1.29, 1.82) is 0 Å². The summed E-state index contributed by atoms with van der Waals surface area (Å²) in [6.45, 7) is 3.94. The molecule has 0 saturated heterocycles. The minimum atomic E-state index is 0.510. The molecule has 2 aromatic carbocycles. The van der Waals surface area contributed by atoms with Crippen molar-refractivity contribution in [2.24, 2.45) is 0 Å². The molecule has 3 aromatic rings. The van der Waals surface area contributed by atoms with Gasteiger partial charge >= 0.3 is 0 Å². The number of aryl methyl sites for hydroxylation is 2. The Morgan fingerprint density at radius 3 is 2.60 bits per heavy atom. The van der Waals surface area contributed by atoms with Gasteiger partial charge in [-0.25, -0.2) is 4.98 Å². The lowest BCUT2D eigenvalue weighted by Crippen LogP contribution is -2.03. The molecule has 128 valence electrons. The zero-order chi connectivity index (χ0) is 17.8. The lowest BCUT2D eigenvalue weighted by Gasteiger charge is -2.12. The van der Waals surface area contributed by atoms with Gasteiger partial charge in [0.2, 0.25) is 5.95 Å². The van der Waals surface area contributed by atoms with Crippen LogP contribution in [-0.4, -0.2) is 17.1 Å². The highest BCUT2D eigenvalue weighted by molar-refractivity contribution is 6.30. The molecule has 1 aromatic heterocycles. The van der Waals surface area contributed by atoms with E-state index in [9.17, 15) is 0 Å². The number of rotatable bonds is 5. The van der Waals surface area contributed by atoms with Gasteiger partial charge in [0.05, 0.1) is 7.11 Å². The molecule has 0 aliphatic rings. The number of halogens is 1. The van der Waals surface area contributed by atoms with Crippen LogP contribution in [-0.2, 0) is 0 Å². The molecule has 0 atom stereocenters. The van der Waals surface area contributed by atoms with Crippen molar-refractivity contribution in [3.05, 3.63) is 64.8 Å². The number of hydrogen-bond donors (Lipinski definition) is 2. The highest BCUT2D eigenvalue weighted by Gasteiger charge is 2.06. The molecule has 0 bridgehead atoms. The van der Waals surface area contributed by atoms with Crippen molar-refractivity contribution in [2.75, 3.05) is 17.7 Å². The molecule has 3 rings (SSSR count). The first-order valence-corrected chi connectivity index (χ1v) is 8.21. The third-order valence-electron chi connectivity index (χ3n) is 3.64. The second kappa shape index (κ2) is 7.40. The van der Waals surface area contributed by atoms with E-state index in [1.165, 1.54) is 0 Å². The van der Waals surface area contributed by atoms with E-state index in [4.69, 9.17) is 16.3 Å². The van der Waals surface area contributed by atoms with Crippen molar-refractivity contribution >= 4 is 34.7 Å². The van der Waals surface area contributed by atoms with E-state index in [0.29, 0.717) is 16.8 Å². The van der Waals surface area contributed by atoms with Gasteiger partial charge in [0.25, 0.3) is 0 Å². The van der Waals surface area contributed by atoms with Crippen LogP contribution in [0.2, 0.25) is 5.02 Å². The highest BCUT2D eigenvalue weighted by Crippen LogP contribution is 2.25. The molecule has 6 heteroatoms. The van der Waals surface area contributed by atoms with Crippen LogP contribution in [0.3, 0.4) is 0 Å². The monoisotopic (exact) mass is 354 g/mol. The molecule has 0 spiro atoms. The number of hydrogen-bond acceptors (Lipinski definition) is 5. The molecule has 2 N–H and O–H groups in total. The van der Waals surface area contributed by atoms with Crippen molar-refractivity contribution in [2.45, 2.75) is 13.8 Å². The van der Waals surface area contributed by atoms with Crippen molar-refractivity contribution in [3.8, 4) is 5.75 Å². The summed E-state index contributed by atoms with van der Waals surface area (Å²) in [7, 11) is 1.64. The maximum Gasteiger partial charge on any atom is 0.229 e. The van der Waals surface area contributed by atoms with Crippen molar-refractivity contribution in [3.63, 3.8) is 0 Å². The topological polar surface area (TPSA) is 59.1 Å². The smallest absolute Gasteiger partial charge is 0.229 e. The maximum atomic E-state index is 6.08. The summed E-state index contributed by atoms with van der Waals surface area (Å²) in [5.41, 5.74) is 3.71. The van der Waals surface area contributed by atoms with Crippen LogP contribution in [0.15, 0.2) is 48.5 Å². The van der Waals surface area contributed by atoms with Crippen LogP contribution in [0.5, 0.6) is 5.75 Å². The zero-order valence-electron chi connectivity index (χ0n) is 14.3. The zero-order valence-corrected chi connectivity index (χ0v) is 15.1. The molecule has 0 fully saturated rings. The maximum absolute atomic E-state index is 6.08. The average Bonchev–Trinajstić information content (AvgIpc) is 2.58. The van der Waals surface area contributed by atoms with Gasteiger partial charge in [-0.05, 0) is 43.7 Å². The second-order valence-corrected chi connectivity index (χ2v) is 6.10. The number of ether oxygens (including phenoxy) is 1. The van der Waals surface area contributed by atoms with Gasteiger partial charge in [0, 0.05) is 34.2 Å². The fourth-order valence-corrected chi connectivity index (χ4v) is 2.56. The van der Waals surface area contributed by atoms with Crippen LogP contribution >= 0.6 is 11.6 Å². The Morgan fingerprint density at radius 1 is 0.960 bits per heavy atom. The quantitative estimate of drug-likeness (QED) is 0.656. The van der Waals surface area contributed by atoms with Gasteiger partial charge in [0.15, 0.2) is 0 Å². The summed E-state index contributed by atoms with van der Waals surface area (Å²) in [5.74, 6) is 1.98. The predicted octanol–water partition coefficient (Wildman–Crippen LogP) is 5.24. The van der Waals surface area contributed by atoms with E-state index in [1.54, 1.807) is 7.11 Å². The largest absolute Gasteiger partial charge is 0.497 e. The lowest BCUT2D eigenvalue weighted by molar-refractivity contribution is 0.415. The van der Waals surface area contributed by atoms with Gasteiger partial charge in [-0.2, -0.15) is 4.98 Å². The Bertz CT molecular complexity index is 898. The van der Waals surface area contributed by atoms with Gasteiger partial charge in [0.1, 0.15) is 11.6 Å². The van der Waals surface area contributed by atoms with Crippen LogP contribution < -0.4 is 15.4 Å². The fourth-order valence-electron chi connectivity index (χ4n) is 2.39. The van der Waals surface area contributed by atoms with E-state index in [2.05, 4.69) is 20.6 Å². The molecule has 0 aliphatic heterocycles. The minimum absolute atomic E-state index is 0.510. The third kappa shape index (κ3) is 4.39. The van der Waals surface area contributed by atoms with Crippen LogP contribution in [0.25, 0.3) is 0 Å². The van der Waals surface area contributed by atoms with Crippen molar-refractivity contribution in [1.82, 2.24) is 9.97 Å². The number of benzene rings is 2. The van der Waals surface area contributed by atoms with E-state index < -0.39 is 0 Å². The van der Waals surface area contributed by atoms with Crippen LogP contribution in [0, 0.1) is 13.8 Å². The van der Waals surface area contributed by atoms with Gasteiger partial charge in [-0.15, -0.1) is 0 Å². The Hall–Kier alpha value is -2.79. The molecule has 25 heavy (non-hydrogen) atoms. The Morgan fingerprint density at radius 2 is 1.80 bits per heavy atom.